The van der Waals surface area contributed by atoms with Crippen LogP contribution in [0.2, 0.25) is 0 Å². The van der Waals surface area contributed by atoms with Crippen LogP contribution in [0.15, 0.2) is 11.4 Å². The zero-order valence-corrected chi connectivity index (χ0v) is 13.0. The molecule has 3 rings (SSSR count). The standard InChI is InChI=1S/C17H23NOS/c1-18(11-16-10-13-4-5-15(16)9-13)12-17-14(3-2-7-19)6-8-20-17/h6,8,13,15-16,19H,4-5,7,9-12H2,1H3. The molecule has 1 aromatic rings. The molecule has 2 nitrogen and oxygen atoms in total. The smallest absolute Gasteiger partial charge is 0.104 e. The third kappa shape index (κ3) is 3.09. The Balaban J connectivity index is 1.56. The molecule has 2 aliphatic rings. The SMILES string of the molecule is CN(Cc1sccc1C#CCO)CC1CC2CCC1C2. The highest BCUT2D eigenvalue weighted by molar-refractivity contribution is 7.10. The molecule has 0 aliphatic heterocycles. The van der Waals surface area contributed by atoms with Crippen LogP contribution in [0.5, 0.6) is 0 Å². The van der Waals surface area contributed by atoms with E-state index < -0.39 is 0 Å². The van der Waals surface area contributed by atoms with Crippen LogP contribution in [0.25, 0.3) is 0 Å². The third-order valence-corrected chi connectivity index (χ3v) is 5.80. The lowest BCUT2D eigenvalue weighted by Gasteiger charge is -2.27. The van der Waals surface area contributed by atoms with Crippen molar-refractivity contribution in [1.82, 2.24) is 4.90 Å². The van der Waals surface area contributed by atoms with E-state index in [1.165, 1.54) is 37.1 Å². The van der Waals surface area contributed by atoms with Gasteiger partial charge in [0.05, 0.1) is 0 Å². The number of aliphatic hydroxyl groups excluding tert-OH is 1. The van der Waals surface area contributed by atoms with Gasteiger partial charge in [-0.25, -0.2) is 0 Å². The first-order valence-corrected chi connectivity index (χ1v) is 8.49. The number of aliphatic hydroxyl groups is 1. The topological polar surface area (TPSA) is 23.5 Å². The Kier molecular flexibility index (Phi) is 4.45. The highest BCUT2D eigenvalue weighted by atomic mass is 32.1. The number of hydrogen-bond acceptors (Lipinski definition) is 3. The Hall–Kier alpha value is -0.820. The molecule has 1 heterocycles. The van der Waals surface area contributed by atoms with Gasteiger partial charge in [0.2, 0.25) is 0 Å². The van der Waals surface area contributed by atoms with E-state index in [2.05, 4.69) is 35.2 Å². The molecule has 1 aromatic heterocycles. The fourth-order valence-electron chi connectivity index (χ4n) is 4.02. The van der Waals surface area contributed by atoms with Crippen LogP contribution in [0.4, 0.5) is 0 Å². The Labute approximate surface area is 125 Å². The number of hydrogen-bond donors (Lipinski definition) is 1. The first kappa shape index (κ1) is 14.1. The van der Waals surface area contributed by atoms with Gasteiger partial charge in [-0.15, -0.1) is 11.3 Å². The summed E-state index contributed by atoms with van der Waals surface area (Å²) in [5, 5.41) is 10.9. The molecule has 0 radical (unpaired) electrons. The fourth-order valence-corrected chi connectivity index (χ4v) is 4.93. The second kappa shape index (κ2) is 6.30. The van der Waals surface area contributed by atoms with Crippen molar-refractivity contribution in [3.05, 3.63) is 21.9 Å². The Morgan fingerprint density at radius 1 is 1.40 bits per heavy atom. The summed E-state index contributed by atoms with van der Waals surface area (Å²) in [6, 6.07) is 2.06. The van der Waals surface area contributed by atoms with Crippen molar-refractivity contribution in [2.45, 2.75) is 32.2 Å². The molecule has 108 valence electrons. The molecular formula is C17H23NOS. The van der Waals surface area contributed by atoms with Gasteiger partial charge in [-0.2, -0.15) is 0 Å². The van der Waals surface area contributed by atoms with Crippen molar-refractivity contribution in [1.29, 1.82) is 0 Å². The summed E-state index contributed by atoms with van der Waals surface area (Å²) in [6.07, 6.45) is 5.90. The Morgan fingerprint density at radius 3 is 3.00 bits per heavy atom. The van der Waals surface area contributed by atoms with Crippen molar-refractivity contribution in [2.24, 2.45) is 17.8 Å². The van der Waals surface area contributed by atoms with Crippen LogP contribution in [0, 0.1) is 29.6 Å². The molecule has 3 atom stereocenters. The molecule has 2 bridgehead atoms. The van der Waals surface area contributed by atoms with Gasteiger partial charge in [-0.05, 0) is 55.5 Å². The largest absolute Gasteiger partial charge is 0.384 e. The van der Waals surface area contributed by atoms with E-state index in [1.807, 2.05) is 0 Å². The number of nitrogens with zero attached hydrogens (tertiary/aromatic N) is 1. The van der Waals surface area contributed by atoms with Crippen molar-refractivity contribution < 1.29 is 5.11 Å². The summed E-state index contributed by atoms with van der Waals surface area (Å²) < 4.78 is 0. The van der Waals surface area contributed by atoms with Gasteiger partial charge in [-0.1, -0.05) is 18.3 Å². The van der Waals surface area contributed by atoms with E-state index >= 15 is 0 Å². The van der Waals surface area contributed by atoms with Gasteiger partial charge in [0, 0.05) is 23.5 Å². The van der Waals surface area contributed by atoms with Gasteiger partial charge in [-0.3, -0.25) is 0 Å². The number of fused-ring (bicyclic) bond motifs is 2. The molecule has 2 aliphatic carbocycles. The normalized spacial score (nSPS) is 27.9. The molecule has 0 saturated heterocycles. The summed E-state index contributed by atoms with van der Waals surface area (Å²) in [7, 11) is 2.23. The minimum Gasteiger partial charge on any atom is -0.384 e. The molecule has 3 unspecified atom stereocenters. The van der Waals surface area contributed by atoms with Crippen LogP contribution < -0.4 is 0 Å². The molecule has 2 fully saturated rings. The monoisotopic (exact) mass is 289 g/mol. The summed E-state index contributed by atoms with van der Waals surface area (Å²) >= 11 is 1.78. The molecular weight excluding hydrogens is 266 g/mol. The average Bonchev–Trinajstić information content (AvgIpc) is 3.13. The van der Waals surface area contributed by atoms with Crippen LogP contribution in [0.1, 0.15) is 36.1 Å². The predicted octanol–water partition coefficient (Wildman–Crippen LogP) is 2.96. The van der Waals surface area contributed by atoms with Gasteiger partial charge in [0.15, 0.2) is 0 Å². The third-order valence-electron chi connectivity index (χ3n) is 4.89. The highest BCUT2D eigenvalue weighted by Crippen LogP contribution is 2.48. The summed E-state index contributed by atoms with van der Waals surface area (Å²) in [5.74, 6) is 8.76. The quantitative estimate of drug-likeness (QED) is 0.862. The lowest BCUT2D eigenvalue weighted by atomic mass is 9.88. The van der Waals surface area contributed by atoms with Crippen LogP contribution in [-0.2, 0) is 6.54 Å². The second-order valence-electron chi connectivity index (χ2n) is 6.35. The highest BCUT2D eigenvalue weighted by Gasteiger charge is 2.39. The van der Waals surface area contributed by atoms with Crippen molar-refractivity contribution in [3.63, 3.8) is 0 Å². The van der Waals surface area contributed by atoms with E-state index in [4.69, 9.17) is 5.11 Å². The molecule has 1 N–H and O–H groups in total. The first-order valence-electron chi connectivity index (χ1n) is 7.61. The van der Waals surface area contributed by atoms with Crippen LogP contribution in [0.3, 0.4) is 0 Å². The van der Waals surface area contributed by atoms with Crippen LogP contribution in [-0.4, -0.2) is 30.2 Å². The Morgan fingerprint density at radius 2 is 2.30 bits per heavy atom. The Bertz CT molecular complexity index is 513. The van der Waals surface area contributed by atoms with E-state index in [0.717, 1.165) is 29.9 Å². The lowest BCUT2D eigenvalue weighted by molar-refractivity contribution is 0.215. The lowest BCUT2D eigenvalue weighted by Crippen LogP contribution is -2.28. The van der Waals surface area contributed by atoms with Crippen LogP contribution >= 0.6 is 11.3 Å². The van der Waals surface area contributed by atoms with E-state index in [0.29, 0.717) is 0 Å². The second-order valence-corrected chi connectivity index (χ2v) is 7.35. The fraction of sp³-hybridized carbons (Fsp3) is 0.647. The summed E-state index contributed by atoms with van der Waals surface area (Å²) in [6.45, 7) is 2.16. The molecule has 20 heavy (non-hydrogen) atoms. The molecule has 0 amide bonds. The molecule has 2 saturated carbocycles. The number of thiophene rings is 1. The minimum atomic E-state index is -0.0593. The molecule has 0 spiro atoms. The zero-order chi connectivity index (χ0) is 13.9. The zero-order valence-electron chi connectivity index (χ0n) is 12.1. The molecule has 0 aromatic carbocycles. The summed E-state index contributed by atoms with van der Waals surface area (Å²) in [4.78, 5) is 3.79. The van der Waals surface area contributed by atoms with Crippen molar-refractivity contribution in [2.75, 3.05) is 20.2 Å². The maximum Gasteiger partial charge on any atom is 0.104 e. The van der Waals surface area contributed by atoms with Gasteiger partial charge < -0.3 is 10.0 Å². The summed E-state index contributed by atoms with van der Waals surface area (Å²) in [5.41, 5.74) is 1.09. The van der Waals surface area contributed by atoms with Crippen molar-refractivity contribution in [3.8, 4) is 11.8 Å². The molecule has 3 heteroatoms. The van der Waals surface area contributed by atoms with Gasteiger partial charge in [0.25, 0.3) is 0 Å². The maximum absolute atomic E-state index is 8.81. The maximum atomic E-state index is 8.81. The van der Waals surface area contributed by atoms with Gasteiger partial charge >= 0.3 is 0 Å². The average molecular weight is 289 g/mol. The number of rotatable bonds is 4. The minimum absolute atomic E-state index is 0.0593. The van der Waals surface area contributed by atoms with E-state index in [-0.39, 0.29) is 6.61 Å². The van der Waals surface area contributed by atoms with Gasteiger partial charge in [0.1, 0.15) is 6.61 Å². The van der Waals surface area contributed by atoms with Crippen molar-refractivity contribution >= 4 is 11.3 Å². The van der Waals surface area contributed by atoms with E-state index in [9.17, 15) is 0 Å². The first-order chi connectivity index (χ1) is 9.76. The predicted molar refractivity (Wildman–Crippen MR) is 83.6 cm³/mol. The van der Waals surface area contributed by atoms with E-state index in [1.54, 1.807) is 11.3 Å².